The first-order valence-electron chi connectivity index (χ1n) is 10.6. The molecule has 7 heteroatoms. The van der Waals surface area contributed by atoms with Crippen molar-refractivity contribution in [1.82, 2.24) is 0 Å². The normalized spacial score (nSPS) is 13.5. The molecule has 1 heterocycles. The fourth-order valence-electron chi connectivity index (χ4n) is 4.18. The summed E-state index contributed by atoms with van der Waals surface area (Å²) >= 11 is 0. The van der Waals surface area contributed by atoms with Crippen LogP contribution in [0.5, 0.6) is 0 Å². The number of anilines is 2. The minimum Gasteiger partial charge on any atom is -0.305 e. The third kappa shape index (κ3) is 4.00. The van der Waals surface area contributed by atoms with E-state index >= 15 is 0 Å². The van der Waals surface area contributed by atoms with Gasteiger partial charge in [-0.2, -0.15) is 0 Å². The molecule has 0 aliphatic carbocycles. The van der Waals surface area contributed by atoms with E-state index in [0.717, 1.165) is 24.0 Å². The topological polar surface area (TPSA) is 57.7 Å². The monoisotopic (exact) mass is 452 g/mol. The summed E-state index contributed by atoms with van der Waals surface area (Å²) in [5.74, 6) is -0.748. The maximum Gasteiger partial charge on any atom is 0.264 e. The Balaban J connectivity index is 1.63. The average Bonchev–Trinajstić information content (AvgIpc) is 2.79. The molecule has 5 nitrogen and oxygen atoms in total. The van der Waals surface area contributed by atoms with Crippen molar-refractivity contribution in [3.05, 3.63) is 89.2 Å². The molecule has 0 N–H and O–H groups in total. The van der Waals surface area contributed by atoms with E-state index in [1.54, 1.807) is 31.2 Å². The van der Waals surface area contributed by atoms with Gasteiger partial charge in [0.15, 0.2) is 0 Å². The molecule has 3 aromatic rings. The van der Waals surface area contributed by atoms with Gasteiger partial charge in [-0.1, -0.05) is 24.3 Å². The molecule has 1 aliphatic heterocycles. The Labute approximate surface area is 188 Å². The van der Waals surface area contributed by atoms with Crippen molar-refractivity contribution >= 4 is 27.3 Å². The highest BCUT2D eigenvalue weighted by molar-refractivity contribution is 7.92. The predicted octanol–water partition coefficient (Wildman–Crippen LogP) is 4.94. The van der Waals surface area contributed by atoms with E-state index in [4.69, 9.17) is 0 Å². The molecular weight excluding hydrogens is 427 g/mol. The number of benzene rings is 3. The Morgan fingerprint density at radius 1 is 1.06 bits per heavy atom. The second kappa shape index (κ2) is 8.74. The SMILES string of the molecule is CCN(c1ccccc1)S(=O)(=O)c1ccc(C(=O)N2CCCc3cc(C)cc(F)c32)cc1. The number of fused-ring (bicyclic) bond motifs is 1. The van der Waals surface area contributed by atoms with Crippen molar-refractivity contribution in [3.63, 3.8) is 0 Å². The highest BCUT2D eigenvalue weighted by Gasteiger charge is 2.28. The van der Waals surface area contributed by atoms with Crippen LogP contribution in [0.1, 0.15) is 34.8 Å². The smallest absolute Gasteiger partial charge is 0.264 e. The summed E-state index contributed by atoms with van der Waals surface area (Å²) in [6.45, 7) is 4.30. The molecule has 4 rings (SSSR count). The van der Waals surface area contributed by atoms with E-state index < -0.39 is 15.8 Å². The van der Waals surface area contributed by atoms with Crippen molar-refractivity contribution < 1.29 is 17.6 Å². The zero-order valence-electron chi connectivity index (χ0n) is 18.1. The number of hydrogen-bond donors (Lipinski definition) is 0. The van der Waals surface area contributed by atoms with Gasteiger partial charge in [-0.25, -0.2) is 12.8 Å². The fraction of sp³-hybridized carbons (Fsp3) is 0.240. The lowest BCUT2D eigenvalue weighted by molar-refractivity contribution is 0.0984. The van der Waals surface area contributed by atoms with E-state index in [9.17, 15) is 17.6 Å². The van der Waals surface area contributed by atoms with Crippen LogP contribution in [0, 0.1) is 12.7 Å². The molecule has 166 valence electrons. The standard InChI is InChI=1S/C25H25FN2O3S/c1-3-28(21-9-5-4-6-10-21)32(30,31)22-13-11-19(12-14-22)25(29)27-15-7-8-20-16-18(2)17-23(26)24(20)27/h4-6,9-14,16-17H,3,7-8,15H2,1-2H3. The molecule has 3 aromatic carbocycles. The summed E-state index contributed by atoms with van der Waals surface area (Å²) in [7, 11) is -3.78. The van der Waals surface area contributed by atoms with Gasteiger partial charge < -0.3 is 4.90 Å². The van der Waals surface area contributed by atoms with Gasteiger partial charge in [0.2, 0.25) is 0 Å². The van der Waals surface area contributed by atoms with Crippen LogP contribution in [0.4, 0.5) is 15.8 Å². The molecule has 0 saturated heterocycles. The molecule has 1 amide bonds. The number of rotatable bonds is 5. The van der Waals surface area contributed by atoms with Crippen LogP contribution in [0.15, 0.2) is 71.6 Å². The minimum absolute atomic E-state index is 0.0978. The van der Waals surface area contributed by atoms with Crippen LogP contribution in [-0.2, 0) is 16.4 Å². The first kappa shape index (κ1) is 22.0. The van der Waals surface area contributed by atoms with Gasteiger partial charge in [0.1, 0.15) is 5.82 Å². The summed E-state index contributed by atoms with van der Waals surface area (Å²) in [4.78, 5) is 14.7. The van der Waals surface area contributed by atoms with Gasteiger partial charge in [0.25, 0.3) is 15.9 Å². The molecule has 0 radical (unpaired) electrons. The van der Waals surface area contributed by atoms with Crippen LogP contribution in [0.3, 0.4) is 0 Å². The quantitative estimate of drug-likeness (QED) is 0.551. The number of halogens is 1. The number of nitrogens with zero attached hydrogens (tertiary/aromatic N) is 2. The first-order valence-corrected chi connectivity index (χ1v) is 12.1. The van der Waals surface area contributed by atoms with E-state index in [1.165, 1.54) is 39.5 Å². The Morgan fingerprint density at radius 3 is 2.41 bits per heavy atom. The molecule has 32 heavy (non-hydrogen) atoms. The van der Waals surface area contributed by atoms with Crippen LogP contribution < -0.4 is 9.21 Å². The molecule has 0 atom stereocenters. The van der Waals surface area contributed by atoms with Crippen LogP contribution in [0.25, 0.3) is 0 Å². The Hall–Kier alpha value is -3.19. The number of hydrogen-bond acceptors (Lipinski definition) is 3. The van der Waals surface area contributed by atoms with Gasteiger partial charge >= 0.3 is 0 Å². The summed E-state index contributed by atoms with van der Waals surface area (Å²) in [6.07, 6.45) is 1.47. The lowest BCUT2D eigenvalue weighted by atomic mass is 9.98. The molecule has 0 fully saturated rings. The van der Waals surface area contributed by atoms with Gasteiger partial charge in [-0.15, -0.1) is 0 Å². The summed E-state index contributed by atoms with van der Waals surface area (Å²) in [5.41, 5.74) is 2.86. The van der Waals surface area contributed by atoms with E-state index in [0.29, 0.717) is 23.5 Å². The fourth-order valence-corrected chi connectivity index (χ4v) is 5.65. The van der Waals surface area contributed by atoms with Crippen molar-refractivity contribution in [2.24, 2.45) is 0 Å². The summed E-state index contributed by atoms with van der Waals surface area (Å²) < 4.78 is 42.3. The molecule has 0 spiro atoms. The summed E-state index contributed by atoms with van der Waals surface area (Å²) in [5, 5.41) is 0. The molecule has 0 aromatic heterocycles. The molecule has 0 saturated carbocycles. The Kier molecular flexibility index (Phi) is 6.02. The maximum absolute atomic E-state index is 14.7. The van der Waals surface area contributed by atoms with Crippen LogP contribution in [0.2, 0.25) is 0 Å². The van der Waals surface area contributed by atoms with Crippen LogP contribution >= 0.6 is 0 Å². The van der Waals surface area contributed by atoms with E-state index in [2.05, 4.69) is 0 Å². The number of amides is 1. The second-order valence-electron chi connectivity index (χ2n) is 7.84. The van der Waals surface area contributed by atoms with E-state index in [-0.39, 0.29) is 17.3 Å². The lowest BCUT2D eigenvalue weighted by Gasteiger charge is -2.30. The van der Waals surface area contributed by atoms with Crippen LogP contribution in [-0.4, -0.2) is 27.4 Å². The number of para-hydroxylation sites is 1. The van der Waals surface area contributed by atoms with Gasteiger partial charge in [0.05, 0.1) is 16.3 Å². The predicted molar refractivity (Wildman–Crippen MR) is 124 cm³/mol. The van der Waals surface area contributed by atoms with Gasteiger partial charge in [0, 0.05) is 18.7 Å². The molecule has 0 bridgehead atoms. The molecule has 0 unspecified atom stereocenters. The Morgan fingerprint density at radius 2 is 1.75 bits per heavy atom. The highest BCUT2D eigenvalue weighted by Crippen LogP contribution is 2.32. The highest BCUT2D eigenvalue weighted by atomic mass is 32.2. The van der Waals surface area contributed by atoms with Gasteiger partial charge in [-0.05, 0) is 80.3 Å². The second-order valence-corrected chi connectivity index (χ2v) is 9.71. The third-order valence-electron chi connectivity index (χ3n) is 5.65. The average molecular weight is 453 g/mol. The molecule has 1 aliphatic rings. The number of carbonyl (C=O) groups is 1. The maximum atomic E-state index is 14.7. The molecular formula is C25H25FN2O3S. The zero-order chi connectivity index (χ0) is 22.9. The largest absolute Gasteiger partial charge is 0.305 e. The number of carbonyl (C=O) groups excluding carboxylic acids is 1. The zero-order valence-corrected chi connectivity index (χ0v) is 18.9. The Bertz CT molecular complexity index is 1240. The number of aryl methyl sites for hydroxylation is 2. The summed E-state index contributed by atoms with van der Waals surface area (Å²) in [6, 6.07) is 18.1. The van der Waals surface area contributed by atoms with Gasteiger partial charge in [-0.3, -0.25) is 9.10 Å². The minimum atomic E-state index is -3.78. The van der Waals surface area contributed by atoms with Crippen molar-refractivity contribution in [2.45, 2.75) is 31.6 Å². The van der Waals surface area contributed by atoms with Crippen molar-refractivity contribution in [2.75, 3.05) is 22.3 Å². The van der Waals surface area contributed by atoms with E-state index in [1.807, 2.05) is 19.1 Å². The van der Waals surface area contributed by atoms with Crippen molar-refractivity contribution in [1.29, 1.82) is 0 Å². The third-order valence-corrected chi connectivity index (χ3v) is 7.57. The number of sulfonamides is 1. The lowest BCUT2D eigenvalue weighted by Crippen LogP contribution is -2.36. The van der Waals surface area contributed by atoms with Crippen molar-refractivity contribution in [3.8, 4) is 0 Å². The first-order chi connectivity index (χ1) is 15.3.